The Hall–Kier alpha value is -1.76. The minimum Gasteiger partial charge on any atom is -0.507 e. The molecule has 0 bridgehead atoms. The molecule has 1 nitrogen and oxygen atoms in total. The first-order valence-electron chi connectivity index (χ1n) is 7.67. The van der Waals surface area contributed by atoms with Gasteiger partial charge in [-0.1, -0.05) is 63.1 Å². The quantitative estimate of drug-likeness (QED) is 0.748. The van der Waals surface area contributed by atoms with Crippen molar-refractivity contribution in [1.29, 1.82) is 0 Å². The largest absolute Gasteiger partial charge is 0.507 e. The van der Waals surface area contributed by atoms with E-state index in [9.17, 15) is 5.11 Å². The molecule has 2 aromatic carbocycles. The third kappa shape index (κ3) is 3.22. The Morgan fingerprint density at radius 3 is 2.25 bits per heavy atom. The predicted molar refractivity (Wildman–Crippen MR) is 86.1 cm³/mol. The molecule has 0 heterocycles. The van der Waals surface area contributed by atoms with E-state index >= 15 is 0 Å². The molecule has 0 spiro atoms. The number of rotatable bonds is 6. The summed E-state index contributed by atoms with van der Waals surface area (Å²) in [5.74, 6) is 0.405. The van der Waals surface area contributed by atoms with Gasteiger partial charge >= 0.3 is 0 Å². The van der Waals surface area contributed by atoms with Crippen molar-refractivity contribution in [3.05, 3.63) is 53.6 Å². The van der Waals surface area contributed by atoms with Gasteiger partial charge in [0.15, 0.2) is 0 Å². The molecular formula is C19H24O. The van der Waals surface area contributed by atoms with Gasteiger partial charge in [0.25, 0.3) is 0 Å². The van der Waals surface area contributed by atoms with Crippen LogP contribution < -0.4 is 0 Å². The summed E-state index contributed by atoms with van der Waals surface area (Å²) >= 11 is 0. The fourth-order valence-electron chi connectivity index (χ4n) is 2.75. The van der Waals surface area contributed by atoms with Crippen LogP contribution in [0.25, 0.3) is 11.1 Å². The van der Waals surface area contributed by atoms with Crippen LogP contribution in [0, 0.1) is 0 Å². The minimum absolute atomic E-state index is 0.405. The van der Waals surface area contributed by atoms with Gasteiger partial charge in [0, 0.05) is 5.56 Å². The van der Waals surface area contributed by atoms with Gasteiger partial charge in [-0.3, -0.25) is 0 Å². The number of hydrogen-bond acceptors (Lipinski definition) is 1. The maximum atomic E-state index is 10.3. The predicted octanol–water partition coefficient (Wildman–Crippen LogP) is 5.35. The molecule has 0 saturated heterocycles. The zero-order valence-electron chi connectivity index (χ0n) is 12.5. The van der Waals surface area contributed by atoms with Crippen molar-refractivity contribution in [1.82, 2.24) is 0 Å². The molecule has 1 N–H and O–H groups in total. The van der Waals surface area contributed by atoms with Crippen LogP contribution in [0.5, 0.6) is 5.75 Å². The molecule has 0 amide bonds. The van der Waals surface area contributed by atoms with Gasteiger partial charge in [0.05, 0.1) is 0 Å². The third-order valence-electron chi connectivity index (χ3n) is 3.75. The highest BCUT2D eigenvalue weighted by Crippen LogP contribution is 2.36. The summed E-state index contributed by atoms with van der Waals surface area (Å²) in [4.78, 5) is 0. The van der Waals surface area contributed by atoms with Crippen LogP contribution in [0.2, 0.25) is 0 Å². The number of aromatic hydroxyl groups is 1. The fourth-order valence-corrected chi connectivity index (χ4v) is 2.75. The normalized spacial score (nSPS) is 10.7. The van der Waals surface area contributed by atoms with Crippen LogP contribution in [0.15, 0.2) is 42.5 Å². The van der Waals surface area contributed by atoms with Crippen molar-refractivity contribution in [2.75, 3.05) is 0 Å². The molecular weight excluding hydrogens is 244 g/mol. The van der Waals surface area contributed by atoms with E-state index in [0.717, 1.165) is 30.4 Å². The first kappa shape index (κ1) is 14.6. The van der Waals surface area contributed by atoms with Gasteiger partial charge in [-0.15, -0.1) is 0 Å². The van der Waals surface area contributed by atoms with E-state index in [-0.39, 0.29) is 0 Å². The molecule has 2 rings (SSSR count). The monoisotopic (exact) mass is 268 g/mol. The van der Waals surface area contributed by atoms with Gasteiger partial charge < -0.3 is 5.11 Å². The molecule has 0 saturated carbocycles. The summed E-state index contributed by atoms with van der Waals surface area (Å²) in [7, 11) is 0. The third-order valence-corrected chi connectivity index (χ3v) is 3.75. The van der Waals surface area contributed by atoms with Crippen molar-refractivity contribution in [2.45, 2.75) is 46.0 Å². The van der Waals surface area contributed by atoms with E-state index in [4.69, 9.17) is 0 Å². The number of phenols is 1. The highest BCUT2D eigenvalue weighted by Gasteiger charge is 2.13. The second kappa shape index (κ2) is 7.14. The van der Waals surface area contributed by atoms with Crippen LogP contribution >= 0.6 is 0 Å². The summed E-state index contributed by atoms with van der Waals surface area (Å²) in [6.07, 6.45) is 5.61. The van der Waals surface area contributed by atoms with Crippen LogP contribution in [0.4, 0.5) is 0 Å². The van der Waals surface area contributed by atoms with Crippen LogP contribution in [-0.2, 0) is 12.8 Å². The number of hydrogen-bond donors (Lipinski definition) is 1. The Morgan fingerprint density at radius 1 is 0.850 bits per heavy atom. The van der Waals surface area contributed by atoms with Crippen LogP contribution in [0.3, 0.4) is 0 Å². The van der Waals surface area contributed by atoms with E-state index in [2.05, 4.69) is 32.0 Å². The van der Waals surface area contributed by atoms with E-state index < -0.39 is 0 Å². The topological polar surface area (TPSA) is 20.2 Å². The highest BCUT2D eigenvalue weighted by atomic mass is 16.3. The van der Waals surface area contributed by atoms with Crippen LogP contribution in [-0.4, -0.2) is 5.11 Å². The molecule has 0 aliphatic carbocycles. The molecule has 0 aromatic heterocycles. The van der Waals surface area contributed by atoms with Gasteiger partial charge in [-0.25, -0.2) is 0 Å². The van der Waals surface area contributed by atoms with E-state index in [1.807, 2.05) is 24.3 Å². The Balaban J connectivity index is 2.54. The lowest BCUT2D eigenvalue weighted by Gasteiger charge is -2.16. The maximum Gasteiger partial charge on any atom is 0.123 e. The minimum atomic E-state index is 0.405. The van der Waals surface area contributed by atoms with Gasteiger partial charge in [0.2, 0.25) is 0 Å². The smallest absolute Gasteiger partial charge is 0.123 e. The molecule has 0 aliphatic rings. The van der Waals surface area contributed by atoms with Gasteiger partial charge in [0.1, 0.15) is 5.75 Å². The fraction of sp³-hybridized carbons (Fsp3) is 0.368. The molecule has 0 unspecified atom stereocenters. The van der Waals surface area contributed by atoms with Crippen molar-refractivity contribution < 1.29 is 5.11 Å². The molecule has 0 atom stereocenters. The Labute approximate surface area is 122 Å². The lowest BCUT2D eigenvalue weighted by molar-refractivity contribution is 0.476. The Kier molecular flexibility index (Phi) is 5.23. The Morgan fingerprint density at radius 2 is 1.60 bits per heavy atom. The molecule has 20 heavy (non-hydrogen) atoms. The van der Waals surface area contributed by atoms with E-state index in [1.165, 1.54) is 24.0 Å². The first-order valence-corrected chi connectivity index (χ1v) is 7.67. The lowest BCUT2D eigenvalue weighted by Crippen LogP contribution is -1.98. The van der Waals surface area contributed by atoms with Gasteiger partial charge in [-0.05, 0) is 42.0 Å². The molecule has 2 aromatic rings. The summed E-state index contributed by atoms with van der Waals surface area (Å²) in [5, 5.41) is 10.3. The number of unbranched alkanes of at least 4 members (excludes halogenated alkanes) is 1. The van der Waals surface area contributed by atoms with Crippen molar-refractivity contribution in [3.8, 4) is 16.9 Å². The van der Waals surface area contributed by atoms with Crippen molar-refractivity contribution in [2.24, 2.45) is 0 Å². The second-order valence-electron chi connectivity index (χ2n) is 5.32. The molecule has 0 aliphatic heterocycles. The second-order valence-corrected chi connectivity index (χ2v) is 5.32. The molecule has 1 heteroatoms. The van der Waals surface area contributed by atoms with E-state index in [1.54, 1.807) is 0 Å². The van der Waals surface area contributed by atoms with Crippen molar-refractivity contribution >= 4 is 0 Å². The zero-order valence-corrected chi connectivity index (χ0v) is 12.5. The average Bonchev–Trinajstić information content (AvgIpc) is 2.48. The highest BCUT2D eigenvalue weighted by molar-refractivity contribution is 5.75. The van der Waals surface area contributed by atoms with Gasteiger partial charge in [-0.2, -0.15) is 0 Å². The molecule has 106 valence electrons. The Bertz CT molecular complexity index is 543. The molecule has 0 fully saturated rings. The standard InChI is InChI=1S/C19H24O/c1-3-5-12-17-15(9-4-2)13-14-18(20)19(17)16-10-7-6-8-11-16/h6-8,10-11,13-14,20H,3-5,9,12H2,1-2H3. The summed E-state index contributed by atoms with van der Waals surface area (Å²) < 4.78 is 0. The van der Waals surface area contributed by atoms with Crippen LogP contribution in [0.1, 0.15) is 44.2 Å². The number of benzene rings is 2. The average molecular weight is 268 g/mol. The number of phenolic OH excluding ortho intramolecular Hbond substituents is 1. The first-order chi connectivity index (χ1) is 9.77. The maximum absolute atomic E-state index is 10.3. The summed E-state index contributed by atoms with van der Waals surface area (Å²) in [6, 6.07) is 14.2. The lowest BCUT2D eigenvalue weighted by atomic mass is 9.89. The summed E-state index contributed by atoms with van der Waals surface area (Å²) in [5.41, 5.74) is 4.87. The zero-order chi connectivity index (χ0) is 14.4. The van der Waals surface area contributed by atoms with Crippen molar-refractivity contribution in [3.63, 3.8) is 0 Å². The van der Waals surface area contributed by atoms with E-state index in [0.29, 0.717) is 5.75 Å². The number of aryl methyl sites for hydroxylation is 1. The SMILES string of the molecule is CCCCc1c(CCC)ccc(O)c1-c1ccccc1. The molecule has 0 radical (unpaired) electrons. The summed E-state index contributed by atoms with van der Waals surface area (Å²) in [6.45, 7) is 4.42.